The van der Waals surface area contributed by atoms with E-state index in [9.17, 15) is 4.79 Å². The van der Waals surface area contributed by atoms with E-state index < -0.39 is 0 Å². The lowest BCUT2D eigenvalue weighted by Crippen LogP contribution is -2.47. The number of thioether (sulfide) groups is 1. The van der Waals surface area contributed by atoms with Gasteiger partial charge in [-0.05, 0) is 6.92 Å². The molecule has 1 amide bonds. The van der Waals surface area contributed by atoms with Crippen molar-refractivity contribution in [2.45, 2.75) is 18.8 Å². The van der Waals surface area contributed by atoms with Crippen molar-refractivity contribution in [1.29, 1.82) is 0 Å². The molecule has 1 fully saturated rings. The molecule has 1 unspecified atom stereocenters. The van der Waals surface area contributed by atoms with E-state index >= 15 is 0 Å². The molecule has 0 radical (unpaired) electrons. The van der Waals surface area contributed by atoms with Gasteiger partial charge in [0.15, 0.2) is 0 Å². The molecule has 2 rings (SSSR count). The molecule has 0 saturated carbocycles. The molecule has 1 aliphatic rings. The van der Waals surface area contributed by atoms with E-state index in [1.807, 2.05) is 12.3 Å². The Morgan fingerprint density at radius 1 is 1.74 bits per heavy atom. The molecular weight excluding hydrogens is 284 g/mol. The molecule has 0 aliphatic carbocycles. The van der Waals surface area contributed by atoms with E-state index in [0.29, 0.717) is 25.4 Å². The molecular formula is C12H18N2O3S2. The fraction of sp³-hybridized carbons (Fsp3) is 0.667. The van der Waals surface area contributed by atoms with Crippen molar-refractivity contribution >= 4 is 29.0 Å². The highest BCUT2D eigenvalue weighted by molar-refractivity contribution is 7.99. The van der Waals surface area contributed by atoms with Crippen molar-refractivity contribution in [2.24, 2.45) is 0 Å². The fourth-order valence-electron chi connectivity index (χ4n) is 1.87. The first-order valence-corrected chi connectivity index (χ1v) is 8.21. The Labute approximate surface area is 121 Å². The molecule has 1 N–H and O–H groups in total. The number of hydrogen-bond donors (Lipinski definition) is 1. The number of aliphatic hydroxyl groups is 1. The predicted octanol–water partition coefficient (Wildman–Crippen LogP) is 0.904. The van der Waals surface area contributed by atoms with Crippen LogP contribution in [0.2, 0.25) is 0 Å². The average Bonchev–Trinajstić information content (AvgIpc) is 2.84. The second-order valence-electron chi connectivity index (χ2n) is 4.37. The first kappa shape index (κ1) is 14.8. The number of hydrogen-bond acceptors (Lipinski definition) is 6. The lowest BCUT2D eigenvalue weighted by atomic mass is 10.3. The van der Waals surface area contributed by atoms with E-state index in [1.165, 1.54) is 0 Å². The minimum Gasteiger partial charge on any atom is -0.394 e. The van der Waals surface area contributed by atoms with Crippen molar-refractivity contribution in [3.63, 3.8) is 0 Å². The van der Waals surface area contributed by atoms with Gasteiger partial charge in [-0.3, -0.25) is 4.79 Å². The maximum absolute atomic E-state index is 12.0. The fourth-order valence-corrected chi connectivity index (χ4v) is 3.40. The zero-order valence-electron chi connectivity index (χ0n) is 10.9. The maximum atomic E-state index is 12.0. The zero-order chi connectivity index (χ0) is 13.7. The molecule has 0 bridgehead atoms. The number of aromatic nitrogens is 1. The SMILES string of the molecule is Cc1nc(CSCC(=O)N2CCOC(CO)C2)cs1. The summed E-state index contributed by atoms with van der Waals surface area (Å²) < 4.78 is 5.32. The summed E-state index contributed by atoms with van der Waals surface area (Å²) in [6.45, 7) is 3.56. The van der Waals surface area contributed by atoms with Crippen LogP contribution in [0.5, 0.6) is 0 Å². The molecule has 1 atom stereocenters. The number of carbonyl (C=O) groups excluding carboxylic acids is 1. The lowest BCUT2D eigenvalue weighted by Gasteiger charge is -2.32. The van der Waals surface area contributed by atoms with E-state index in [1.54, 1.807) is 28.0 Å². The van der Waals surface area contributed by atoms with Crippen molar-refractivity contribution < 1.29 is 14.6 Å². The molecule has 7 heteroatoms. The Kier molecular flexibility index (Phi) is 5.62. The quantitative estimate of drug-likeness (QED) is 0.876. The van der Waals surface area contributed by atoms with Gasteiger partial charge in [-0.1, -0.05) is 0 Å². The third kappa shape index (κ3) is 4.45. The van der Waals surface area contributed by atoms with Gasteiger partial charge in [-0.2, -0.15) is 0 Å². The summed E-state index contributed by atoms with van der Waals surface area (Å²) in [4.78, 5) is 18.1. The van der Waals surface area contributed by atoms with Crippen LogP contribution in [-0.2, 0) is 15.3 Å². The van der Waals surface area contributed by atoms with E-state index in [0.717, 1.165) is 16.5 Å². The van der Waals surface area contributed by atoms with Crippen LogP contribution in [0.1, 0.15) is 10.7 Å². The van der Waals surface area contributed by atoms with E-state index in [4.69, 9.17) is 9.84 Å². The van der Waals surface area contributed by atoms with Crippen LogP contribution in [0.3, 0.4) is 0 Å². The summed E-state index contributed by atoms with van der Waals surface area (Å²) in [5, 5.41) is 12.1. The van der Waals surface area contributed by atoms with Crippen molar-refractivity contribution in [2.75, 3.05) is 32.1 Å². The number of nitrogens with zero attached hydrogens (tertiary/aromatic N) is 2. The second-order valence-corrected chi connectivity index (χ2v) is 6.41. The number of morpholine rings is 1. The van der Waals surface area contributed by atoms with Crippen LogP contribution < -0.4 is 0 Å². The highest BCUT2D eigenvalue weighted by Gasteiger charge is 2.23. The van der Waals surface area contributed by atoms with Gasteiger partial charge < -0.3 is 14.7 Å². The van der Waals surface area contributed by atoms with Gasteiger partial charge in [0.1, 0.15) is 0 Å². The van der Waals surface area contributed by atoms with Crippen LogP contribution in [0, 0.1) is 6.92 Å². The van der Waals surface area contributed by atoms with Gasteiger partial charge in [0.2, 0.25) is 5.91 Å². The summed E-state index contributed by atoms with van der Waals surface area (Å²) in [5.41, 5.74) is 1.04. The number of amides is 1. The van der Waals surface area contributed by atoms with Gasteiger partial charge in [-0.15, -0.1) is 23.1 Å². The smallest absolute Gasteiger partial charge is 0.232 e. The Morgan fingerprint density at radius 2 is 2.58 bits per heavy atom. The molecule has 2 heterocycles. The summed E-state index contributed by atoms with van der Waals surface area (Å²) in [5.74, 6) is 1.33. The third-order valence-corrected chi connectivity index (χ3v) is 4.61. The number of rotatable bonds is 5. The predicted molar refractivity (Wildman–Crippen MR) is 76.4 cm³/mol. The van der Waals surface area contributed by atoms with Crippen LogP contribution in [0.15, 0.2) is 5.38 Å². The minimum atomic E-state index is -0.233. The van der Waals surface area contributed by atoms with Gasteiger partial charge in [0, 0.05) is 24.2 Å². The van der Waals surface area contributed by atoms with Crippen molar-refractivity contribution in [1.82, 2.24) is 9.88 Å². The summed E-state index contributed by atoms with van der Waals surface area (Å²) >= 11 is 3.21. The standard InChI is InChI=1S/C12H18N2O3S2/c1-9-13-10(7-19-9)6-18-8-12(16)14-2-3-17-11(4-14)5-15/h7,11,15H,2-6,8H2,1H3. The highest BCUT2D eigenvalue weighted by atomic mass is 32.2. The van der Waals surface area contributed by atoms with Gasteiger partial charge >= 0.3 is 0 Å². The van der Waals surface area contributed by atoms with Crippen LogP contribution in [0.25, 0.3) is 0 Å². The van der Waals surface area contributed by atoms with Crippen LogP contribution in [-0.4, -0.2) is 59.1 Å². The molecule has 106 valence electrons. The molecule has 1 aromatic heterocycles. The Hall–Kier alpha value is -0.630. The van der Waals surface area contributed by atoms with E-state index in [2.05, 4.69) is 4.98 Å². The normalized spacial score (nSPS) is 19.7. The van der Waals surface area contributed by atoms with Crippen molar-refractivity contribution in [3.05, 3.63) is 16.1 Å². The Morgan fingerprint density at radius 3 is 3.26 bits per heavy atom. The molecule has 1 aliphatic heterocycles. The van der Waals surface area contributed by atoms with Crippen molar-refractivity contribution in [3.8, 4) is 0 Å². The highest BCUT2D eigenvalue weighted by Crippen LogP contribution is 2.16. The molecule has 1 aromatic rings. The molecule has 1 saturated heterocycles. The summed E-state index contributed by atoms with van der Waals surface area (Å²) in [6.07, 6.45) is -0.233. The molecule has 0 aromatic carbocycles. The first-order valence-electron chi connectivity index (χ1n) is 6.18. The van der Waals surface area contributed by atoms with Gasteiger partial charge in [0.25, 0.3) is 0 Å². The molecule has 19 heavy (non-hydrogen) atoms. The zero-order valence-corrected chi connectivity index (χ0v) is 12.5. The van der Waals surface area contributed by atoms with Crippen LogP contribution >= 0.6 is 23.1 Å². The number of thiazole rings is 1. The Bertz CT molecular complexity index is 425. The molecule has 5 nitrogen and oxygen atoms in total. The number of carbonyl (C=O) groups is 1. The average molecular weight is 302 g/mol. The largest absolute Gasteiger partial charge is 0.394 e. The topological polar surface area (TPSA) is 62.7 Å². The maximum Gasteiger partial charge on any atom is 0.232 e. The van der Waals surface area contributed by atoms with Gasteiger partial charge in [-0.25, -0.2) is 4.98 Å². The first-order chi connectivity index (χ1) is 9.19. The minimum absolute atomic E-state index is 0.0327. The second kappa shape index (κ2) is 7.23. The monoisotopic (exact) mass is 302 g/mol. The third-order valence-electron chi connectivity index (χ3n) is 2.84. The molecule has 0 spiro atoms. The Balaban J connectivity index is 1.72. The van der Waals surface area contributed by atoms with Crippen LogP contribution in [0.4, 0.5) is 0 Å². The number of ether oxygens (including phenoxy) is 1. The number of aliphatic hydroxyl groups excluding tert-OH is 1. The lowest BCUT2D eigenvalue weighted by molar-refractivity contribution is -0.137. The summed E-state index contributed by atoms with van der Waals surface area (Å²) in [6, 6.07) is 0. The number of aryl methyl sites for hydroxylation is 1. The van der Waals surface area contributed by atoms with E-state index in [-0.39, 0.29) is 18.6 Å². The van der Waals surface area contributed by atoms with Gasteiger partial charge in [0.05, 0.1) is 35.8 Å². The summed E-state index contributed by atoms with van der Waals surface area (Å²) in [7, 11) is 0.